The van der Waals surface area contributed by atoms with Crippen LogP contribution in [0.2, 0.25) is 0 Å². The monoisotopic (exact) mass is 344 g/mol. The summed E-state index contributed by atoms with van der Waals surface area (Å²) in [5.74, 6) is -2.87. The number of thioether (sulfide) groups is 1. The third kappa shape index (κ3) is 3.83. The van der Waals surface area contributed by atoms with Crippen molar-refractivity contribution in [2.24, 2.45) is 0 Å². The molecular formula is C18H14F2N2OS. The molecule has 3 rings (SSSR count). The Morgan fingerprint density at radius 1 is 0.958 bits per heavy atom. The zero-order valence-electron chi connectivity index (χ0n) is 12.5. The van der Waals surface area contributed by atoms with Crippen LogP contribution in [0.25, 0.3) is 5.69 Å². The first-order valence-corrected chi connectivity index (χ1v) is 8.10. The highest BCUT2D eigenvalue weighted by Gasteiger charge is 2.13. The van der Waals surface area contributed by atoms with Gasteiger partial charge in [-0.3, -0.25) is 4.79 Å². The van der Waals surface area contributed by atoms with Crippen molar-refractivity contribution < 1.29 is 13.6 Å². The molecule has 0 saturated heterocycles. The molecule has 3 aromatic rings. The minimum absolute atomic E-state index is 0.337. The number of hydrogen-bond donors (Lipinski definition) is 1. The van der Waals surface area contributed by atoms with Gasteiger partial charge in [0.2, 0.25) is 0 Å². The van der Waals surface area contributed by atoms with Crippen LogP contribution >= 0.6 is 11.8 Å². The Hall–Kier alpha value is -2.60. The Kier molecular flexibility index (Phi) is 4.96. The predicted molar refractivity (Wildman–Crippen MR) is 92.0 cm³/mol. The fourth-order valence-electron chi connectivity index (χ4n) is 2.25. The highest BCUT2D eigenvalue weighted by atomic mass is 32.2. The smallest absolute Gasteiger partial charge is 0.288 e. The molecule has 1 amide bonds. The van der Waals surface area contributed by atoms with Crippen LogP contribution in [0.4, 0.5) is 14.5 Å². The summed E-state index contributed by atoms with van der Waals surface area (Å²) in [6, 6.07) is 17.4. The van der Waals surface area contributed by atoms with E-state index in [1.54, 1.807) is 36.4 Å². The van der Waals surface area contributed by atoms with E-state index in [0.29, 0.717) is 27.9 Å². The molecule has 0 bridgehead atoms. The minimum Gasteiger partial charge on any atom is -0.324 e. The predicted octanol–water partition coefficient (Wildman–Crippen LogP) is 5.04. The number of alkyl halides is 2. The lowest BCUT2D eigenvalue weighted by molar-refractivity contribution is 0.102. The van der Waals surface area contributed by atoms with Gasteiger partial charge >= 0.3 is 0 Å². The van der Waals surface area contributed by atoms with E-state index < -0.39 is 5.76 Å². The van der Waals surface area contributed by atoms with E-state index in [2.05, 4.69) is 5.32 Å². The van der Waals surface area contributed by atoms with Crippen molar-refractivity contribution in [2.45, 2.75) is 10.7 Å². The molecule has 1 N–H and O–H groups in total. The van der Waals surface area contributed by atoms with E-state index >= 15 is 0 Å². The van der Waals surface area contributed by atoms with Gasteiger partial charge in [0, 0.05) is 28.5 Å². The first-order valence-electron chi connectivity index (χ1n) is 7.22. The van der Waals surface area contributed by atoms with Gasteiger partial charge in [-0.2, -0.15) is 8.78 Å². The molecule has 0 saturated carbocycles. The molecule has 0 aliphatic rings. The van der Waals surface area contributed by atoms with Gasteiger partial charge in [-0.1, -0.05) is 23.9 Å². The van der Waals surface area contributed by atoms with Crippen molar-refractivity contribution in [3.8, 4) is 5.69 Å². The topological polar surface area (TPSA) is 34.0 Å². The number of amides is 1. The number of aromatic nitrogens is 1. The van der Waals surface area contributed by atoms with Crippen LogP contribution in [0.5, 0.6) is 0 Å². The van der Waals surface area contributed by atoms with Crippen molar-refractivity contribution in [1.29, 1.82) is 0 Å². The number of benzene rings is 2. The number of nitrogens with zero attached hydrogens (tertiary/aromatic N) is 1. The van der Waals surface area contributed by atoms with Gasteiger partial charge in [0.25, 0.3) is 11.7 Å². The van der Waals surface area contributed by atoms with E-state index in [-0.39, 0.29) is 5.91 Å². The summed E-state index contributed by atoms with van der Waals surface area (Å²) in [6.45, 7) is 0. The summed E-state index contributed by atoms with van der Waals surface area (Å²) in [6.07, 6.45) is 3.82. The van der Waals surface area contributed by atoms with Gasteiger partial charge in [0.05, 0.1) is 5.69 Å². The molecule has 1 heterocycles. The maximum Gasteiger partial charge on any atom is 0.288 e. The summed E-state index contributed by atoms with van der Waals surface area (Å²) in [5, 5.41) is 2.69. The quantitative estimate of drug-likeness (QED) is 0.658. The van der Waals surface area contributed by atoms with Crippen molar-refractivity contribution in [3.63, 3.8) is 0 Å². The van der Waals surface area contributed by atoms with Crippen LogP contribution < -0.4 is 5.32 Å². The highest BCUT2D eigenvalue weighted by Crippen LogP contribution is 2.31. The molecular weight excluding hydrogens is 330 g/mol. The summed E-state index contributed by atoms with van der Waals surface area (Å²) in [5.41, 5.74) is 1.77. The second-order valence-electron chi connectivity index (χ2n) is 4.97. The Balaban J connectivity index is 1.76. The van der Waals surface area contributed by atoms with E-state index in [1.807, 2.05) is 41.2 Å². The molecule has 0 aliphatic heterocycles. The Labute approximate surface area is 142 Å². The number of hydrogen-bond acceptors (Lipinski definition) is 2. The normalized spacial score (nSPS) is 10.8. The molecule has 0 aliphatic carbocycles. The molecule has 6 heteroatoms. The first-order chi connectivity index (χ1) is 11.6. The van der Waals surface area contributed by atoms with Gasteiger partial charge in [0.15, 0.2) is 0 Å². The average molecular weight is 344 g/mol. The van der Waals surface area contributed by atoms with Gasteiger partial charge in [-0.05, 0) is 48.5 Å². The van der Waals surface area contributed by atoms with E-state index in [1.165, 1.54) is 0 Å². The maximum absolute atomic E-state index is 12.6. The van der Waals surface area contributed by atoms with Crippen LogP contribution in [-0.2, 0) is 0 Å². The molecule has 0 radical (unpaired) electrons. The lowest BCUT2D eigenvalue weighted by Gasteiger charge is -2.11. The average Bonchev–Trinajstić information content (AvgIpc) is 3.11. The number of halogens is 2. The Bertz CT molecular complexity index is 817. The summed E-state index contributed by atoms with van der Waals surface area (Å²) < 4.78 is 27.1. The van der Waals surface area contributed by atoms with Crippen molar-refractivity contribution >= 4 is 23.4 Å². The van der Waals surface area contributed by atoms with Crippen LogP contribution in [0.3, 0.4) is 0 Å². The number of carbonyl (C=O) groups is 1. The highest BCUT2D eigenvalue weighted by molar-refractivity contribution is 7.99. The number of carbonyl (C=O) groups excluding carboxylic acids is 1. The fraction of sp³-hybridized carbons (Fsp3) is 0.0556. The third-order valence-electron chi connectivity index (χ3n) is 3.38. The van der Waals surface area contributed by atoms with Crippen LogP contribution in [-0.4, -0.2) is 16.2 Å². The van der Waals surface area contributed by atoms with Crippen molar-refractivity contribution in [2.75, 3.05) is 5.32 Å². The first kappa shape index (κ1) is 16.3. The molecule has 3 nitrogen and oxygen atoms in total. The molecule has 0 unspecified atom stereocenters. The van der Waals surface area contributed by atoms with Crippen molar-refractivity contribution in [1.82, 2.24) is 4.57 Å². The largest absolute Gasteiger partial charge is 0.324 e. The van der Waals surface area contributed by atoms with E-state index in [4.69, 9.17) is 0 Å². The van der Waals surface area contributed by atoms with Gasteiger partial charge in [-0.25, -0.2) is 0 Å². The van der Waals surface area contributed by atoms with Gasteiger partial charge in [-0.15, -0.1) is 0 Å². The van der Waals surface area contributed by atoms with Crippen LogP contribution in [0, 0.1) is 0 Å². The summed E-state index contributed by atoms with van der Waals surface area (Å²) >= 11 is 0.412. The molecule has 0 atom stereocenters. The summed E-state index contributed by atoms with van der Waals surface area (Å²) in [7, 11) is 0. The third-order valence-corrected chi connectivity index (χ3v) is 4.17. The second kappa shape index (κ2) is 7.31. The van der Waals surface area contributed by atoms with Gasteiger partial charge in [0.1, 0.15) is 0 Å². The maximum atomic E-state index is 12.6. The van der Waals surface area contributed by atoms with Crippen LogP contribution in [0.1, 0.15) is 10.4 Å². The molecule has 0 spiro atoms. The van der Waals surface area contributed by atoms with Gasteiger partial charge < -0.3 is 9.88 Å². The number of rotatable bonds is 5. The molecule has 122 valence electrons. The molecule has 0 fully saturated rings. The Morgan fingerprint density at radius 3 is 2.29 bits per heavy atom. The zero-order chi connectivity index (χ0) is 16.9. The van der Waals surface area contributed by atoms with Crippen LogP contribution in [0.15, 0.2) is 78.0 Å². The fourth-order valence-corrected chi connectivity index (χ4v) is 2.85. The molecule has 1 aromatic heterocycles. The molecule has 24 heavy (non-hydrogen) atoms. The number of para-hydroxylation sites is 1. The zero-order valence-corrected chi connectivity index (χ0v) is 13.3. The number of nitrogens with one attached hydrogen (secondary N) is 1. The SMILES string of the molecule is O=C(Nc1ccccc1SC(F)F)c1ccc(-n2cccc2)cc1. The van der Waals surface area contributed by atoms with Crippen molar-refractivity contribution in [3.05, 3.63) is 78.6 Å². The minimum atomic E-state index is -2.54. The summed E-state index contributed by atoms with van der Waals surface area (Å²) in [4.78, 5) is 12.7. The second-order valence-corrected chi connectivity index (χ2v) is 6.00. The lowest BCUT2D eigenvalue weighted by Crippen LogP contribution is -2.12. The molecule has 2 aromatic carbocycles. The van der Waals surface area contributed by atoms with E-state index in [0.717, 1.165) is 5.69 Å². The Morgan fingerprint density at radius 2 is 1.62 bits per heavy atom. The standard InChI is InChI=1S/C18H14F2N2OS/c19-18(20)24-16-6-2-1-5-15(16)21-17(23)13-7-9-14(10-8-13)22-11-3-4-12-22/h1-12,18H,(H,21,23). The number of anilines is 1. The van der Waals surface area contributed by atoms with E-state index in [9.17, 15) is 13.6 Å². The lowest BCUT2D eigenvalue weighted by atomic mass is 10.2.